The molecule has 11 aromatic rings. The fourth-order valence-electron chi connectivity index (χ4n) is 12.0. The summed E-state index contributed by atoms with van der Waals surface area (Å²) < 4.78 is 36.1. The predicted molar refractivity (Wildman–Crippen MR) is 401 cm³/mol. The number of pyridine rings is 7. The maximum Gasteiger partial charge on any atom is 0.493 e. The Morgan fingerprint density at radius 2 is 0.577 bits per heavy atom. The molecule has 4 aromatic carbocycles. The molecule has 0 saturated carbocycles. The minimum Gasteiger partial charge on any atom is -1.00 e. The smallest absolute Gasteiger partial charge is 0.493 e. The van der Waals surface area contributed by atoms with E-state index >= 15 is 0 Å². The highest BCUT2D eigenvalue weighted by molar-refractivity contribution is 9.08. The van der Waals surface area contributed by atoms with Gasteiger partial charge in [0, 0.05) is 156 Å². The highest BCUT2D eigenvalue weighted by atomic mass is 79.9. The lowest BCUT2D eigenvalue weighted by Gasteiger charge is -2.20. The van der Waals surface area contributed by atoms with Crippen LogP contribution in [-0.4, -0.2) is 80.0 Å². The number of alkyl halides is 2. The Labute approximate surface area is 670 Å². The Kier molecular flexibility index (Phi) is 34.8. The number of benzene rings is 4. The molecular formula is C79H81B4Br6N7O8+2. The van der Waals surface area contributed by atoms with Crippen LogP contribution in [0.15, 0.2) is 264 Å². The zero-order valence-electron chi connectivity index (χ0n) is 57.5. The van der Waals surface area contributed by atoms with Crippen LogP contribution in [0.25, 0.3) is 40.5 Å². The van der Waals surface area contributed by atoms with Crippen molar-refractivity contribution in [2.45, 2.75) is 62.8 Å². The first-order chi connectivity index (χ1) is 48.8. The van der Waals surface area contributed by atoms with Gasteiger partial charge in [-0.2, -0.15) is 0 Å². The Morgan fingerprint density at radius 1 is 0.346 bits per heavy atom. The summed E-state index contributed by atoms with van der Waals surface area (Å²) in [6.07, 6.45) is 35.4. The van der Waals surface area contributed by atoms with Crippen LogP contribution in [-0.2, 0) is 68.5 Å². The summed E-state index contributed by atoms with van der Waals surface area (Å²) in [4.78, 5) is 3.85. The van der Waals surface area contributed by atoms with E-state index in [-0.39, 0.29) is 82.2 Å². The van der Waals surface area contributed by atoms with E-state index in [1.807, 2.05) is 119 Å². The number of rotatable bonds is 23. The van der Waals surface area contributed by atoms with Gasteiger partial charge in [-0.1, -0.05) is 118 Å². The molecule has 0 unspecified atom stereocenters. The molecule has 4 N–H and O–H groups in total. The maximum atomic E-state index is 9.96. The lowest BCUT2D eigenvalue weighted by Crippen LogP contribution is -3.00. The van der Waals surface area contributed by atoms with Crippen molar-refractivity contribution in [3.8, 4) is 22.3 Å². The van der Waals surface area contributed by atoms with E-state index in [1.54, 1.807) is 30.6 Å². The van der Waals surface area contributed by atoms with Crippen molar-refractivity contribution in [3.63, 3.8) is 0 Å². The third kappa shape index (κ3) is 25.0. The van der Waals surface area contributed by atoms with Crippen LogP contribution < -0.4 is 117 Å². The van der Waals surface area contributed by atoms with Crippen LogP contribution >= 0.6 is 31.9 Å². The molecule has 532 valence electrons. The highest BCUT2D eigenvalue weighted by Crippen LogP contribution is 2.20. The summed E-state index contributed by atoms with van der Waals surface area (Å²) in [5, 5.41) is 41.4. The van der Waals surface area contributed by atoms with Gasteiger partial charge in [0.25, 0.3) is 0 Å². The second kappa shape index (κ2) is 42.9. The van der Waals surface area contributed by atoms with Crippen LogP contribution in [0.5, 0.6) is 0 Å². The third-order valence-electron chi connectivity index (χ3n) is 17.1. The van der Waals surface area contributed by atoms with Crippen LogP contribution in [0, 0.1) is 0 Å². The average molecular weight is 1780 g/mol. The van der Waals surface area contributed by atoms with Crippen molar-refractivity contribution in [3.05, 3.63) is 325 Å². The first-order valence-corrected chi connectivity index (χ1v) is 35.6. The Morgan fingerprint density at radius 3 is 0.817 bits per heavy atom. The second-order valence-electron chi connectivity index (χ2n) is 24.7. The molecule has 7 aromatic heterocycles. The monoisotopic (exact) mass is 1770 g/mol. The van der Waals surface area contributed by atoms with Gasteiger partial charge in [0.15, 0.2) is 114 Å². The van der Waals surface area contributed by atoms with Crippen LogP contribution in [0.4, 0.5) is 0 Å². The summed E-state index contributed by atoms with van der Waals surface area (Å²) in [7, 11) is -3.66. The molecule has 2 aliphatic rings. The van der Waals surface area contributed by atoms with E-state index in [4.69, 9.17) is 18.6 Å². The van der Waals surface area contributed by atoms with Gasteiger partial charge in [0.05, 0.1) is 0 Å². The summed E-state index contributed by atoms with van der Waals surface area (Å²) >= 11 is 7.24. The standard InChI is InChI=1S/C40H40B2N4O4.C32H34B2Br2N2O4.C7H7N.4BrH/c1-3-31-5-13-43(14-6-31)27-33-21-35(25-39(23-33)41(47)48)29-45-17-9-37(10-18-45)38-11-19-46(20-12-38)30-36-22-34(24-40(26-36)42(49)50)28-44-15-7-32(4-2)8-16-44;35-21-25-15-27(19-31(17-25)33-39-11-1-12-40-33)23-37-7-3-29(4-8-37)30-5-9-38(10-6-30)24-28-16-26(22-36)18-32(20-28)34-41-13-2-14-42-34;1-2-7-3-5-8-6-4-7;;;;/h3-26,47-50H,1-2,27-30H2;3-10,15-20H,1-2,11-14,21-24H2;2-6H,1H2;4*1H/q+4;+2;;;;;/p-4. The van der Waals surface area contributed by atoms with E-state index in [2.05, 4.69) is 197 Å². The lowest BCUT2D eigenvalue weighted by molar-refractivity contribution is -0.689. The van der Waals surface area contributed by atoms with E-state index < -0.39 is 14.2 Å². The van der Waals surface area contributed by atoms with E-state index in [0.29, 0.717) is 37.1 Å². The third-order valence-corrected chi connectivity index (χ3v) is 18.4. The maximum absolute atomic E-state index is 9.96. The molecular weight excluding hydrogens is 1700 g/mol. The molecule has 0 amide bonds. The fraction of sp³-hybridized carbons (Fsp3) is 0.177. The molecule has 15 nitrogen and oxygen atoms in total. The largest absolute Gasteiger partial charge is 1.00 e. The summed E-state index contributed by atoms with van der Waals surface area (Å²) in [6, 6.07) is 53.5. The highest BCUT2D eigenvalue weighted by Gasteiger charge is 2.28. The number of halogens is 6. The Bertz CT molecular complexity index is 4240. The normalized spacial score (nSPS) is 12.2. The molecule has 0 aliphatic carbocycles. The average Bonchev–Trinajstić information content (AvgIpc) is 0.827. The van der Waals surface area contributed by atoms with Crippen LogP contribution in [0.2, 0.25) is 0 Å². The first kappa shape index (κ1) is 84.2. The quantitative estimate of drug-likeness (QED) is 0.0281. The Balaban J connectivity index is 0.000000256. The summed E-state index contributed by atoms with van der Waals surface area (Å²) in [5.41, 5.74) is 19.6. The van der Waals surface area contributed by atoms with Gasteiger partial charge in [-0.3, -0.25) is 4.98 Å². The van der Waals surface area contributed by atoms with Crippen LogP contribution in [0.1, 0.15) is 74.0 Å². The number of hydrogen-bond donors (Lipinski definition) is 4. The predicted octanol–water partition coefficient (Wildman–Crippen LogP) is -4.84. The summed E-state index contributed by atoms with van der Waals surface area (Å²) in [5.74, 6) is 0. The van der Waals surface area contributed by atoms with Crippen molar-refractivity contribution in [2.75, 3.05) is 26.4 Å². The minimum atomic E-state index is -1.55. The van der Waals surface area contributed by atoms with E-state index in [1.165, 1.54) is 33.4 Å². The molecule has 0 spiro atoms. The number of aromatic nitrogens is 7. The lowest BCUT2D eigenvalue weighted by atomic mass is 9.76. The molecule has 13 rings (SSSR count). The molecule has 0 atom stereocenters. The van der Waals surface area contributed by atoms with Crippen molar-refractivity contribution in [2.24, 2.45) is 0 Å². The zero-order chi connectivity index (χ0) is 69.6. The number of hydrogen-bond acceptors (Lipinski definition) is 9. The minimum absolute atomic E-state index is 0. The second-order valence-corrected chi connectivity index (χ2v) is 25.9. The van der Waals surface area contributed by atoms with E-state index in [9.17, 15) is 20.1 Å². The molecule has 0 radical (unpaired) electrons. The molecule has 25 heteroatoms. The molecule has 9 heterocycles. The van der Waals surface area contributed by atoms with Gasteiger partial charge in [0.2, 0.25) is 0 Å². The van der Waals surface area contributed by atoms with E-state index in [0.717, 1.165) is 124 Å². The number of nitrogens with zero attached hydrogens (tertiary/aromatic N) is 7. The van der Waals surface area contributed by atoms with Gasteiger partial charge < -0.3 is 107 Å². The topological polar surface area (TPSA) is 154 Å². The van der Waals surface area contributed by atoms with Crippen molar-refractivity contribution in [1.29, 1.82) is 0 Å². The molecule has 0 bridgehead atoms. The first-order valence-electron chi connectivity index (χ1n) is 33.4. The van der Waals surface area contributed by atoms with Crippen LogP contribution in [0.3, 0.4) is 0 Å². The Hall–Kier alpha value is -7.03. The van der Waals surface area contributed by atoms with Gasteiger partial charge in [0.1, 0.15) is 0 Å². The molecule has 2 saturated heterocycles. The molecule has 2 aliphatic heterocycles. The van der Waals surface area contributed by atoms with Crippen molar-refractivity contribution in [1.82, 2.24) is 4.98 Å². The molecule has 104 heavy (non-hydrogen) atoms. The van der Waals surface area contributed by atoms with Gasteiger partial charge in [-0.15, -0.1) is 0 Å². The fourth-order valence-corrected chi connectivity index (χ4v) is 12.7. The van der Waals surface area contributed by atoms with Gasteiger partial charge >= 0.3 is 28.5 Å². The van der Waals surface area contributed by atoms with Crippen molar-refractivity contribution < 1.29 is 134 Å². The molecule has 2 fully saturated rings. The zero-order valence-corrected chi connectivity index (χ0v) is 67.0. The van der Waals surface area contributed by atoms with Gasteiger partial charge in [-0.25, -0.2) is 27.4 Å². The summed E-state index contributed by atoms with van der Waals surface area (Å²) in [6.45, 7) is 18.1. The van der Waals surface area contributed by atoms with Gasteiger partial charge in [-0.05, 0) is 121 Å². The van der Waals surface area contributed by atoms with Crippen molar-refractivity contribution >= 4 is 100 Å². The SMILES string of the molecule is BrCc1cc(C[n+]2ccc(-c3cc[n+](Cc4cc(CBr)cc(B5OCCCO5)c4)cc3)cc2)cc(B2OCCCO2)c1.C=Cc1cc[n+](Cc2cc(C[n+]3ccc(-c4cc[n+](Cc5cc(C[n+]6ccc(C=C)cc6)cc(B(O)O)c5)cc4)cc3)cc(B(O)O)c2)cc1.C=Cc1ccncc1.[Br-].[Br-].[Br-].[Br-].